The van der Waals surface area contributed by atoms with E-state index in [1.165, 1.54) is 6.07 Å². The summed E-state index contributed by atoms with van der Waals surface area (Å²) in [5, 5.41) is 5.52. The third kappa shape index (κ3) is 4.15. The maximum atomic E-state index is 14.1. The first-order chi connectivity index (χ1) is 16.9. The number of nitrogens with zero attached hydrogens (tertiary/aromatic N) is 6. The summed E-state index contributed by atoms with van der Waals surface area (Å²) in [7, 11) is 0. The van der Waals surface area contributed by atoms with Crippen LogP contribution in [0.5, 0.6) is 0 Å². The van der Waals surface area contributed by atoms with Gasteiger partial charge in [0.2, 0.25) is 0 Å². The highest BCUT2D eigenvalue weighted by Crippen LogP contribution is 2.32. The average molecular weight is 474 g/mol. The molecule has 5 heterocycles. The molecule has 0 aliphatic carbocycles. The van der Waals surface area contributed by atoms with E-state index in [0.717, 1.165) is 79.7 Å². The molecule has 0 amide bonds. The van der Waals surface area contributed by atoms with E-state index in [4.69, 9.17) is 10.7 Å². The number of anilines is 1. The largest absolute Gasteiger partial charge is 0.369 e. The highest BCUT2D eigenvalue weighted by Gasteiger charge is 2.31. The van der Waals surface area contributed by atoms with Crippen molar-refractivity contribution in [3.05, 3.63) is 54.4 Å². The first-order valence-corrected chi connectivity index (χ1v) is 12.5. The van der Waals surface area contributed by atoms with Gasteiger partial charge in [-0.2, -0.15) is 5.10 Å². The maximum absolute atomic E-state index is 14.1. The lowest BCUT2D eigenvalue weighted by molar-refractivity contribution is 0.108. The Morgan fingerprint density at radius 3 is 2.57 bits per heavy atom. The van der Waals surface area contributed by atoms with Gasteiger partial charge in [0.15, 0.2) is 5.65 Å². The topological polar surface area (TPSA) is 75.6 Å². The van der Waals surface area contributed by atoms with E-state index in [-0.39, 0.29) is 11.4 Å². The van der Waals surface area contributed by atoms with Crippen LogP contribution >= 0.6 is 0 Å². The van der Waals surface area contributed by atoms with Crippen LogP contribution in [0.1, 0.15) is 38.2 Å². The Balaban J connectivity index is 1.22. The molecule has 2 aliphatic rings. The number of aromatic nitrogens is 4. The van der Waals surface area contributed by atoms with Crippen LogP contribution in [0.4, 0.5) is 10.1 Å². The Labute approximate surface area is 204 Å². The second kappa shape index (κ2) is 8.53. The SMILES string of the molecule is Cc1cc2c(-c3cnn4cc(N5CCC(N6CCC(C)(N)CC6)CC5)cnc34)ccnc2cc1F. The number of hydrogen-bond donors (Lipinski definition) is 1. The van der Waals surface area contributed by atoms with E-state index in [2.05, 4.69) is 33.0 Å². The summed E-state index contributed by atoms with van der Waals surface area (Å²) in [4.78, 5) is 14.2. The highest BCUT2D eigenvalue weighted by molar-refractivity contribution is 5.98. The lowest BCUT2D eigenvalue weighted by atomic mass is 9.89. The lowest BCUT2D eigenvalue weighted by Gasteiger charge is -2.44. The molecule has 0 unspecified atom stereocenters. The van der Waals surface area contributed by atoms with Crippen LogP contribution in [0.25, 0.3) is 27.7 Å². The van der Waals surface area contributed by atoms with Gasteiger partial charge in [-0.3, -0.25) is 4.98 Å². The fourth-order valence-corrected chi connectivity index (χ4v) is 5.62. The molecule has 0 spiro atoms. The van der Waals surface area contributed by atoms with Crippen molar-refractivity contribution in [2.75, 3.05) is 31.1 Å². The zero-order chi connectivity index (χ0) is 24.2. The van der Waals surface area contributed by atoms with Crippen LogP contribution in [0, 0.1) is 12.7 Å². The molecule has 2 N–H and O–H groups in total. The van der Waals surface area contributed by atoms with Gasteiger partial charge < -0.3 is 15.5 Å². The summed E-state index contributed by atoms with van der Waals surface area (Å²) in [6.07, 6.45) is 12.0. The van der Waals surface area contributed by atoms with Crippen LogP contribution in [-0.4, -0.2) is 62.2 Å². The molecule has 8 heteroatoms. The minimum Gasteiger partial charge on any atom is -0.369 e. The molecule has 1 aromatic carbocycles. The molecule has 3 aromatic heterocycles. The molecular weight excluding hydrogens is 441 g/mol. The van der Waals surface area contributed by atoms with Gasteiger partial charge in [-0.15, -0.1) is 0 Å². The summed E-state index contributed by atoms with van der Waals surface area (Å²) < 4.78 is 15.9. The predicted molar refractivity (Wildman–Crippen MR) is 137 cm³/mol. The molecule has 0 bridgehead atoms. The zero-order valence-corrected chi connectivity index (χ0v) is 20.4. The van der Waals surface area contributed by atoms with Crippen LogP contribution < -0.4 is 10.6 Å². The van der Waals surface area contributed by atoms with Gasteiger partial charge in [-0.25, -0.2) is 13.9 Å². The van der Waals surface area contributed by atoms with Crippen molar-refractivity contribution < 1.29 is 4.39 Å². The van der Waals surface area contributed by atoms with Crippen molar-refractivity contribution in [1.29, 1.82) is 0 Å². The number of pyridine rings is 1. The number of benzene rings is 1. The van der Waals surface area contributed by atoms with Gasteiger partial charge in [0.05, 0.1) is 29.8 Å². The Kier molecular flexibility index (Phi) is 5.45. The number of aryl methyl sites for hydroxylation is 1. The first kappa shape index (κ1) is 22.4. The molecule has 4 aromatic rings. The quantitative estimate of drug-likeness (QED) is 0.481. The van der Waals surface area contributed by atoms with Crippen LogP contribution in [0.2, 0.25) is 0 Å². The molecule has 7 nitrogen and oxygen atoms in total. The maximum Gasteiger partial charge on any atom is 0.162 e. The van der Waals surface area contributed by atoms with Gasteiger partial charge in [-0.05, 0) is 62.8 Å². The number of hydrogen-bond acceptors (Lipinski definition) is 6. The molecule has 0 saturated carbocycles. The number of fused-ring (bicyclic) bond motifs is 2. The summed E-state index contributed by atoms with van der Waals surface area (Å²) in [5.41, 5.74) is 11.3. The minimum atomic E-state index is -0.244. The van der Waals surface area contributed by atoms with Crippen LogP contribution in [0.15, 0.2) is 43.0 Å². The van der Waals surface area contributed by atoms with Crippen LogP contribution in [0.3, 0.4) is 0 Å². The molecule has 2 aliphatic heterocycles. The normalized spacial score (nSPS) is 19.6. The van der Waals surface area contributed by atoms with Crippen molar-refractivity contribution >= 4 is 22.2 Å². The van der Waals surface area contributed by atoms with E-state index in [9.17, 15) is 4.39 Å². The van der Waals surface area contributed by atoms with Crippen molar-refractivity contribution in [3.63, 3.8) is 0 Å². The molecule has 2 fully saturated rings. The van der Waals surface area contributed by atoms with Crippen molar-refractivity contribution in [3.8, 4) is 11.1 Å². The number of halogens is 1. The number of nitrogens with two attached hydrogens (primary N) is 1. The van der Waals surface area contributed by atoms with E-state index in [1.807, 2.05) is 29.0 Å². The van der Waals surface area contributed by atoms with E-state index >= 15 is 0 Å². The first-order valence-electron chi connectivity index (χ1n) is 12.5. The second-order valence-corrected chi connectivity index (χ2v) is 10.5. The third-order valence-corrected chi connectivity index (χ3v) is 7.94. The summed E-state index contributed by atoms with van der Waals surface area (Å²) in [5.74, 6) is -0.244. The predicted octanol–water partition coefficient (Wildman–Crippen LogP) is 4.17. The van der Waals surface area contributed by atoms with Gasteiger partial charge in [0.1, 0.15) is 5.82 Å². The molecule has 0 atom stereocenters. The Morgan fingerprint density at radius 1 is 1.03 bits per heavy atom. The number of piperidine rings is 2. The van der Waals surface area contributed by atoms with Gasteiger partial charge in [0.25, 0.3) is 0 Å². The summed E-state index contributed by atoms with van der Waals surface area (Å²) in [6, 6.07) is 5.94. The monoisotopic (exact) mass is 473 g/mol. The third-order valence-electron chi connectivity index (χ3n) is 7.94. The summed E-state index contributed by atoms with van der Waals surface area (Å²) in [6.45, 7) is 8.20. The molecule has 2 saturated heterocycles. The van der Waals surface area contributed by atoms with Gasteiger partial charge in [-0.1, -0.05) is 0 Å². The lowest BCUT2D eigenvalue weighted by Crippen LogP contribution is -2.53. The van der Waals surface area contributed by atoms with Gasteiger partial charge >= 0.3 is 0 Å². The Hall–Kier alpha value is -3.10. The van der Waals surface area contributed by atoms with E-state index in [1.54, 1.807) is 13.1 Å². The zero-order valence-electron chi connectivity index (χ0n) is 20.4. The fourth-order valence-electron chi connectivity index (χ4n) is 5.62. The number of rotatable bonds is 3. The Bertz CT molecular complexity index is 1380. The van der Waals surface area contributed by atoms with E-state index in [0.29, 0.717) is 17.1 Å². The molecule has 0 radical (unpaired) electrons. The molecular formula is C27H32FN7. The Morgan fingerprint density at radius 2 is 1.80 bits per heavy atom. The average Bonchev–Trinajstić information content (AvgIpc) is 3.28. The highest BCUT2D eigenvalue weighted by atomic mass is 19.1. The minimum absolute atomic E-state index is 0.00152. The molecule has 6 rings (SSSR count). The molecule has 35 heavy (non-hydrogen) atoms. The van der Waals surface area contributed by atoms with Gasteiger partial charge in [0, 0.05) is 61.0 Å². The van der Waals surface area contributed by atoms with E-state index < -0.39 is 0 Å². The number of likely N-dealkylation sites (tertiary alicyclic amines) is 1. The van der Waals surface area contributed by atoms with Crippen molar-refractivity contribution in [2.24, 2.45) is 5.73 Å². The van der Waals surface area contributed by atoms with Crippen LogP contribution in [-0.2, 0) is 0 Å². The van der Waals surface area contributed by atoms with Crippen molar-refractivity contribution in [1.82, 2.24) is 24.5 Å². The summed E-state index contributed by atoms with van der Waals surface area (Å²) >= 11 is 0. The van der Waals surface area contributed by atoms with Crippen molar-refractivity contribution in [2.45, 2.75) is 51.1 Å². The fraction of sp³-hybridized carbons (Fsp3) is 0.444. The second-order valence-electron chi connectivity index (χ2n) is 10.5. The standard InChI is InChI=1S/C27H32FN7/c1-18-13-22-21(3-8-30-25(22)14-24(18)28)23-16-32-35-17-20(15-31-26(23)35)33-9-4-19(5-10-33)34-11-6-27(2,29)7-12-34/h3,8,13-17,19H,4-7,9-12,29H2,1-2H3. The molecule has 182 valence electrons. The smallest absolute Gasteiger partial charge is 0.162 e.